The van der Waals surface area contributed by atoms with Crippen LogP contribution in [0.5, 0.6) is 0 Å². The molecule has 0 aromatic heterocycles. The molecule has 0 radical (unpaired) electrons. The van der Waals surface area contributed by atoms with Crippen molar-refractivity contribution in [3.63, 3.8) is 0 Å². The van der Waals surface area contributed by atoms with Crippen molar-refractivity contribution in [2.24, 2.45) is 0 Å². The molecule has 9 nitrogen and oxygen atoms in total. The van der Waals surface area contributed by atoms with Crippen LogP contribution >= 0.6 is 0 Å². The topological polar surface area (TPSA) is 114 Å². The second-order valence-corrected chi connectivity index (χ2v) is 10.9. The van der Waals surface area contributed by atoms with Crippen LogP contribution in [0.3, 0.4) is 0 Å². The average Bonchev–Trinajstić information content (AvgIpc) is 2.89. The van der Waals surface area contributed by atoms with Crippen molar-refractivity contribution in [2.75, 3.05) is 13.7 Å². The number of rotatable bonds is 11. The van der Waals surface area contributed by atoms with Gasteiger partial charge in [0.1, 0.15) is 24.2 Å². The summed E-state index contributed by atoms with van der Waals surface area (Å²) in [5.74, 6) is -1.62. The minimum absolute atomic E-state index is 0.181. The lowest BCUT2D eigenvalue weighted by molar-refractivity contribution is -0.150. The van der Waals surface area contributed by atoms with Crippen LogP contribution in [0.25, 0.3) is 0 Å². The maximum atomic E-state index is 14.5. The number of esters is 1. The van der Waals surface area contributed by atoms with E-state index in [0.717, 1.165) is 5.56 Å². The number of nitrogens with one attached hydrogen (secondary N) is 2. The second-order valence-electron chi connectivity index (χ2n) is 10.9. The van der Waals surface area contributed by atoms with Gasteiger partial charge in [-0.25, -0.2) is 4.79 Å². The van der Waals surface area contributed by atoms with E-state index in [0.29, 0.717) is 12.0 Å². The van der Waals surface area contributed by atoms with Gasteiger partial charge in [-0.1, -0.05) is 67.6 Å². The fourth-order valence-electron chi connectivity index (χ4n) is 3.99. The van der Waals surface area contributed by atoms with E-state index in [9.17, 15) is 19.2 Å². The standard InChI is InChI=1S/C30H41N3O6/c1-8-30(5,6)33(25(22-17-13-10-14-18-22)26(35)31-20-24(34)38-7)27(36)23(19-21-15-11-9-12-16-21)32-28(37)39-29(2,3)4/h9-18,23,25H,8,19-20H2,1-7H3,(H,31,35)(H,32,37). The summed E-state index contributed by atoms with van der Waals surface area (Å²) in [7, 11) is 1.23. The Labute approximate surface area is 231 Å². The molecule has 0 spiro atoms. The van der Waals surface area contributed by atoms with E-state index >= 15 is 0 Å². The minimum Gasteiger partial charge on any atom is -0.468 e. The molecule has 0 aliphatic rings. The summed E-state index contributed by atoms with van der Waals surface area (Å²) in [5, 5.41) is 5.35. The van der Waals surface area contributed by atoms with Crippen LogP contribution in [0.1, 0.15) is 65.1 Å². The van der Waals surface area contributed by atoms with E-state index in [1.54, 1.807) is 45.0 Å². The molecule has 0 bridgehead atoms. The highest BCUT2D eigenvalue weighted by atomic mass is 16.6. The van der Waals surface area contributed by atoms with E-state index in [1.165, 1.54) is 12.0 Å². The van der Waals surface area contributed by atoms with E-state index in [-0.39, 0.29) is 13.0 Å². The third-order valence-corrected chi connectivity index (χ3v) is 6.28. The van der Waals surface area contributed by atoms with Gasteiger partial charge >= 0.3 is 12.1 Å². The highest BCUT2D eigenvalue weighted by Gasteiger charge is 2.43. The summed E-state index contributed by atoms with van der Waals surface area (Å²) < 4.78 is 10.1. The first-order chi connectivity index (χ1) is 18.3. The smallest absolute Gasteiger partial charge is 0.408 e. The molecule has 0 aliphatic carbocycles. The summed E-state index contributed by atoms with van der Waals surface area (Å²) in [5.41, 5.74) is -0.198. The van der Waals surface area contributed by atoms with Gasteiger partial charge in [0, 0.05) is 12.0 Å². The van der Waals surface area contributed by atoms with Crippen molar-refractivity contribution in [3.05, 3.63) is 71.8 Å². The van der Waals surface area contributed by atoms with Crippen LogP contribution in [0.2, 0.25) is 0 Å². The number of methoxy groups -OCH3 is 1. The van der Waals surface area contributed by atoms with Gasteiger partial charge in [0.2, 0.25) is 11.8 Å². The number of alkyl carbamates (subject to hydrolysis) is 1. The molecule has 2 unspecified atom stereocenters. The quantitative estimate of drug-likeness (QED) is 0.415. The Bertz CT molecular complexity index is 1110. The number of carbonyl (C=O) groups excluding carboxylic acids is 4. The van der Waals surface area contributed by atoms with Crippen molar-refractivity contribution in [1.82, 2.24) is 15.5 Å². The van der Waals surface area contributed by atoms with Gasteiger partial charge in [-0.3, -0.25) is 14.4 Å². The number of ether oxygens (including phenoxy) is 2. The van der Waals surface area contributed by atoms with Crippen molar-refractivity contribution in [1.29, 1.82) is 0 Å². The predicted octanol–water partition coefficient (Wildman–Crippen LogP) is 4.17. The summed E-state index contributed by atoms with van der Waals surface area (Å²) in [6.07, 6.45) is -0.0467. The number of amides is 3. The fraction of sp³-hybridized carbons (Fsp3) is 0.467. The van der Waals surface area contributed by atoms with Crippen LogP contribution in [0.15, 0.2) is 60.7 Å². The number of hydrogen-bond donors (Lipinski definition) is 2. The molecule has 0 saturated carbocycles. The van der Waals surface area contributed by atoms with Gasteiger partial charge in [-0.05, 0) is 52.2 Å². The SMILES string of the molecule is CCC(C)(C)N(C(=O)C(Cc1ccccc1)NC(=O)OC(C)(C)C)C(C(=O)NCC(=O)OC)c1ccccc1. The largest absolute Gasteiger partial charge is 0.468 e. The predicted molar refractivity (Wildman–Crippen MR) is 149 cm³/mol. The molecule has 3 amide bonds. The first-order valence-electron chi connectivity index (χ1n) is 13.0. The fourth-order valence-corrected chi connectivity index (χ4v) is 3.99. The molecule has 0 heterocycles. The zero-order valence-electron chi connectivity index (χ0n) is 23.9. The van der Waals surface area contributed by atoms with Gasteiger partial charge in [0.05, 0.1) is 7.11 Å². The monoisotopic (exact) mass is 539 g/mol. The zero-order chi connectivity index (χ0) is 29.2. The van der Waals surface area contributed by atoms with Crippen molar-refractivity contribution in [2.45, 2.75) is 77.6 Å². The highest BCUT2D eigenvalue weighted by Crippen LogP contribution is 2.32. The summed E-state index contributed by atoms with van der Waals surface area (Å²) in [6, 6.07) is 16.0. The van der Waals surface area contributed by atoms with E-state index < -0.39 is 47.1 Å². The van der Waals surface area contributed by atoms with Crippen molar-refractivity contribution in [3.8, 4) is 0 Å². The normalized spacial score (nSPS) is 13.0. The lowest BCUT2D eigenvalue weighted by Gasteiger charge is -2.44. The molecule has 212 valence electrons. The number of hydrogen-bond acceptors (Lipinski definition) is 6. The van der Waals surface area contributed by atoms with E-state index in [2.05, 4.69) is 15.4 Å². The van der Waals surface area contributed by atoms with Crippen molar-refractivity contribution >= 4 is 23.9 Å². The number of carbonyl (C=O) groups is 4. The molecule has 2 atom stereocenters. The van der Waals surface area contributed by atoms with Crippen LogP contribution < -0.4 is 10.6 Å². The van der Waals surface area contributed by atoms with E-state index in [4.69, 9.17) is 4.74 Å². The average molecular weight is 540 g/mol. The van der Waals surface area contributed by atoms with Gasteiger partial charge in [-0.2, -0.15) is 0 Å². The Kier molecular flexibility index (Phi) is 11.1. The zero-order valence-corrected chi connectivity index (χ0v) is 23.9. The summed E-state index contributed by atoms with van der Waals surface area (Å²) >= 11 is 0. The van der Waals surface area contributed by atoms with Crippen LogP contribution in [-0.2, 0) is 30.3 Å². The molecule has 0 saturated heterocycles. The molecular formula is C30H41N3O6. The Balaban J connectivity index is 2.59. The molecule has 0 fully saturated rings. The Morgan fingerprint density at radius 1 is 0.897 bits per heavy atom. The van der Waals surface area contributed by atoms with Gasteiger partial charge in [0.25, 0.3) is 0 Å². The molecule has 2 aromatic rings. The first-order valence-corrected chi connectivity index (χ1v) is 13.0. The Hall–Kier alpha value is -3.88. The molecule has 2 rings (SSSR count). The maximum absolute atomic E-state index is 14.5. The van der Waals surface area contributed by atoms with E-state index in [1.807, 2.05) is 57.2 Å². The third-order valence-electron chi connectivity index (χ3n) is 6.28. The number of nitrogens with zero attached hydrogens (tertiary/aromatic N) is 1. The van der Waals surface area contributed by atoms with Crippen molar-refractivity contribution < 1.29 is 28.7 Å². The number of benzene rings is 2. The van der Waals surface area contributed by atoms with Crippen LogP contribution in [-0.4, -0.2) is 59.6 Å². The molecule has 2 N–H and O–H groups in total. The van der Waals surface area contributed by atoms with Crippen LogP contribution in [0, 0.1) is 0 Å². The van der Waals surface area contributed by atoms with Gasteiger partial charge in [0.15, 0.2) is 0 Å². The first kappa shape index (κ1) is 31.3. The van der Waals surface area contributed by atoms with Crippen LogP contribution in [0.4, 0.5) is 4.79 Å². The Morgan fingerprint density at radius 2 is 1.46 bits per heavy atom. The second kappa shape index (κ2) is 13.8. The molecular weight excluding hydrogens is 498 g/mol. The lowest BCUT2D eigenvalue weighted by Crippen LogP contribution is -2.60. The summed E-state index contributed by atoms with van der Waals surface area (Å²) in [4.78, 5) is 54.2. The molecule has 39 heavy (non-hydrogen) atoms. The summed E-state index contributed by atoms with van der Waals surface area (Å²) in [6.45, 7) is 10.5. The van der Waals surface area contributed by atoms with Gasteiger partial charge < -0.3 is 25.0 Å². The molecule has 0 aliphatic heterocycles. The molecule has 9 heteroatoms. The third kappa shape index (κ3) is 9.42. The maximum Gasteiger partial charge on any atom is 0.408 e. The molecule has 2 aromatic carbocycles. The van der Waals surface area contributed by atoms with Gasteiger partial charge in [-0.15, -0.1) is 0 Å². The highest BCUT2D eigenvalue weighted by molar-refractivity contribution is 5.93. The Morgan fingerprint density at radius 3 is 1.97 bits per heavy atom. The lowest BCUT2D eigenvalue weighted by atomic mass is 9.91. The minimum atomic E-state index is -1.09.